The zero-order valence-corrected chi connectivity index (χ0v) is 16.2. The molecule has 2 rings (SSSR count). The average molecular weight is 404 g/mol. The fourth-order valence-corrected chi connectivity index (χ4v) is 3.24. The Kier molecular flexibility index (Phi) is 7.27. The van der Waals surface area contributed by atoms with E-state index in [1.165, 1.54) is 6.07 Å². The molecule has 1 aromatic carbocycles. The second kappa shape index (κ2) is 8.98. The summed E-state index contributed by atoms with van der Waals surface area (Å²) in [6.07, 6.45) is 2.67. The molecule has 2 N–H and O–H groups in total. The minimum absolute atomic E-state index is 0.00640. The highest BCUT2D eigenvalue weighted by Crippen LogP contribution is 2.29. The Hall–Kier alpha value is -0.900. The van der Waals surface area contributed by atoms with Crippen molar-refractivity contribution in [3.05, 3.63) is 29.1 Å². The molecule has 24 heavy (non-hydrogen) atoms. The van der Waals surface area contributed by atoms with E-state index in [1.54, 1.807) is 0 Å². The summed E-state index contributed by atoms with van der Waals surface area (Å²) in [6.45, 7) is 2.05. The van der Waals surface area contributed by atoms with Gasteiger partial charge in [0.25, 0.3) is 0 Å². The third-order valence-electron chi connectivity index (χ3n) is 3.87. The van der Waals surface area contributed by atoms with Crippen molar-refractivity contribution in [3.63, 3.8) is 0 Å². The highest BCUT2D eigenvalue weighted by molar-refractivity contribution is 8.11. The number of hydrogen-bond acceptors (Lipinski definition) is 4. The van der Waals surface area contributed by atoms with E-state index in [9.17, 15) is 9.18 Å². The first kappa shape index (κ1) is 19.4. The first-order valence-corrected chi connectivity index (χ1v) is 9.13. The molecule has 1 fully saturated rings. The van der Waals surface area contributed by atoms with Gasteiger partial charge in [-0.2, -0.15) is 0 Å². The summed E-state index contributed by atoms with van der Waals surface area (Å²) >= 11 is 18.0. The normalized spacial score (nSPS) is 15.0. The van der Waals surface area contributed by atoms with Crippen LogP contribution in [0, 0.1) is 5.82 Å². The van der Waals surface area contributed by atoms with Crippen LogP contribution in [0.1, 0.15) is 34.8 Å². The molecule has 0 saturated carbocycles. The number of carbonyl (C=O) groups excluding carboxylic acids is 1. The lowest BCUT2D eigenvalue weighted by molar-refractivity contribution is 0.111. The molecule has 0 amide bonds. The summed E-state index contributed by atoms with van der Waals surface area (Å²) in [4.78, 5) is 13.5. The standard InChI is InChI=1S/C15H18FN3OS4/c16-12-6-9(19-3-1-2-4-19)5-10(11(12)8-20)13(18-15(23)24)7-17-14(21)22/h5-6,8,13H,1-4,7H2,(H2,17,21,22)(H2,18,23,24). The average Bonchev–Trinajstić information content (AvgIpc) is 3.04. The molecule has 0 bridgehead atoms. The first-order valence-electron chi connectivity index (χ1n) is 7.42. The van der Waals surface area contributed by atoms with Crippen LogP contribution in [0.5, 0.6) is 0 Å². The molecule has 1 aliphatic heterocycles. The molecule has 1 heterocycles. The number of halogens is 1. The van der Waals surface area contributed by atoms with Crippen molar-refractivity contribution in [2.75, 3.05) is 24.5 Å². The van der Waals surface area contributed by atoms with Gasteiger partial charge in [0.05, 0.1) is 11.6 Å². The zero-order valence-electron chi connectivity index (χ0n) is 12.8. The van der Waals surface area contributed by atoms with Crippen molar-refractivity contribution < 1.29 is 9.18 Å². The second-order valence-corrected chi connectivity index (χ2v) is 7.75. The number of nitrogens with zero attached hydrogens (tertiary/aromatic N) is 1. The molecule has 0 aromatic heterocycles. The van der Waals surface area contributed by atoms with Crippen LogP contribution in [0.2, 0.25) is 0 Å². The quantitative estimate of drug-likeness (QED) is 0.333. The Balaban J connectivity index is 2.42. The van der Waals surface area contributed by atoms with E-state index in [2.05, 4.69) is 40.8 Å². The molecule has 9 heteroatoms. The van der Waals surface area contributed by atoms with Crippen LogP contribution in [0.4, 0.5) is 10.1 Å². The largest absolute Gasteiger partial charge is 0.371 e. The van der Waals surface area contributed by atoms with E-state index in [1.807, 2.05) is 6.07 Å². The molecular weight excluding hydrogens is 385 g/mol. The Morgan fingerprint density at radius 3 is 2.50 bits per heavy atom. The number of carbonyl (C=O) groups is 1. The van der Waals surface area contributed by atoms with E-state index in [-0.39, 0.29) is 9.88 Å². The lowest BCUT2D eigenvalue weighted by Gasteiger charge is -2.25. The van der Waals surface area contributed by atoms with Crippen LogP contribution in [0.15, 0.2) is 12.1 Å². The van der Waals surface area contributed by atoms with Gasteiger partial charge >= 0.3 is 0 Å². The molecule has 1 aromatic rings. The number of thiocarbonyl (C=S) groups is 2. The van der Waals surface area contributed by atoms with Crippen molar-refractivity contribution in [3.8, 4) is 0 Å². The summed E-state index contributed by atoms with van der Waals surface area (Å²) in [5, 5.41) is 5.86. The van der Waals surface area contributed by atoms with Crippen molar-refractivity contribution in [2.45, 2.75) is 18.9 Å². The third-order valence-corrected chi connectivity index (χ3v) is 4.42. The van der Waals surface area contributed by atoms with Gasteiger partial charge in [-0.15, -0.1) is 25.3 Å². The van der Waals surface area contributed by atoms with Gasteiger partial charge in [0.2, 0.25) is 0 Å². The van der Waals surface area contributed by atoms with Gasteiger partial charge in [0.15, 0.2) is 6.29 Å². The first-order chi connectivity index (χ1) is 11.4. The summed E-state index contributed by atoms with van der Waals surface area (Å²) in [5.74, 6) is -0.547. The summed E-state index contributed by atoms with van der Waals surface area (Å²) in [6, 6.07) is 2.77. The lowest BCUT2D eigenvalue weighted by Crippen LogP contribution is -2.35. The van der Waals surface area contributed by atoms with E-state index >= 15 is 0 Å². The Morgan fingerprint density at radius 1 is 1.29 bits per heavy atom. The van der Waals surface area contributed by atoms with Crippen LogP contribution in [-0.2, 0) is 0 Å². The van der Waals surface area contributed by atoms with Crippen molar-refractivity contribution in [2.24, 2.45) is 0 Å². The zero-order chi connectivity index (χ0) is 17.7. The van der Waals surface area contributed by atoms with Crippen LogP contribution in [0.3, 0.4) is 0 Å². The molecule has 1 atom stereocenters. The van der Waals surface area contributed by atoms with Gasteiger partial charge in [-0.25, -0.2) is 4.39 Å². The van der Waals surface area contributed by atoms with E-state index in [0.29, 0.717) is 22.7 Å². The molecule has 0 radical (unpaired) electrons. The molecule has 0 aliphatic carbocycles. The number of rotatable bonds is 6. The fraction of sp³-hybridized carbons (Fsp3) is 0.400. The van der Waals surface area contributed by atoms with Gasteiger partial charge in [-0.3, -0.25) is 4.79 Å². The molecular formula is C15H18FN3OS4. The Labute approximate surface area is 162 Å². The molecule has 1 unspecified atom stereocenters. The van der Waals surface area contributed by atoms with Crippen molar-refractivity contribution in [1.82, 2.24) is 10.6 Å². The number of benzene rings is 1. The minimum Gasteiger partial charge on any atom is -0.371 e. The van der Waals surface area contributed by atoms with Gasteiger partial charge in [-0.1, -0.05) is 24.4 Å². The molecule has 0 spiro atoms. The van der Waals surface area contributed by atoms with Crippen molar-refractivity contribution in [1.29, 1.82) is 0 Å². The smallest absolute Gasteiger partial charge is 0.153 e. The SMILES string of the molecule is O=Cc1c(F)cc(N2CCCC2)cc1C(CNC(=S)S)NC(=S)S. The topological polar surface area (TPSA) is 44.4 Å². The lowest BCUT2D eigenvalue weighted by atomic mass is 9.99. The van der Waals surface area contributed by atoms with Crippen molar-refractivity contribution >= 4 is 70.3 Å². The van der Waals surface area contributed by atoms with Crippen LogP contribution in [-0.4, -0.2) is 34.6 Å². The maximum Gasteiger partial charge on any atom is 0.153 e. The van der Waals surface area contributed by atoms with E-state index in [0.717, 1.165) is 31.6 Å². The van der Waals surface area contributed by atoms with Gasteiger partial charge in [0.1, 0.15) is 14.5 Å². The molecule has 130 valence electrons. The number of hydrogen-bond donors (Lipinski definition) is 4. The van der Waals surface area contributed by atoms with Gasteiger partial charge < -0.3 is 15.5 Å². The number of nitrogens with one attached hydrogen (secondary N) is 2. The summed E-state index contributed by atoms with van der Waals surface area (Å²) in [5.41, 5.74) is 1.28. The van der Waals surface area contributed by atoms with E-state index < -0.39 is 11.9 Å². The van der Waals surface area contributed by atoms with E-state index in [4.69, 9.17) is 24.4 Å². The number of aldehydes is 1. The second-order valence-electron chi connectivity index (χ2n) is 5.43. The third kappa shape index (κ3) is 5.05. The van der Waals surface area contributed by atoms with Gasteiger partial charge in [0, 0.05) is 25.3 Å². The number of anilines is 1. The maximum absolute atomic E-state index is 14.5. The van der Waals surface area contributed by atoms with Crippen LogP contribution >= 0.6 is 49.7 Å². The fourth-order valence-electron chi connectivity index (χ4n) is 2.77. The predicted octanol–water partition coefficient (Wildman–Crippen LogP) is 2.89. The Morgan fingerprint density at radius 2 is 1.96 bits per heavy atom. The van der Waals surface area contributed by atoms with Gasteiger partial charge in [-0.05, 0) is 30.5 Å². The molecule has 1 saturated heterocycles. The monoisotopic (exact) mass is 403 g/mol. The Bertz CT molecular complexity index is 650. The number of thiol groups is 2. The molecule has 4 nitrogen and oxygen atoms in total. The maximum atomic E-state index is 14.5. The van der Waals surface area contributed by atoms with Crippen LogP contribution in [0.25, 0.3) is 0 Å². The highest BCUT2D eigenvalue weighted by Gasteiger charge is 2.22. The summed E-state index contributed by atoms with van der Waals surface area (Å²) in [7, 11) is 0. The predicted molar refractivity (Wildman–Crippen MR) is 110 cm³/mol. The van der Waals surface area contributed by atoms with Crippen LogP contribution < -0.4 is 15.5 Å². The minimum atomic E-state index is -0.547. The summed E-state index contributed by atoms with van der Waals surface area (Å²) < 4.78 is 15.0. The highest BCUT2D eigenvalue weighted by atomic mass is 32.1. The molecule has 1 aliphatic rings.